The number of nitrogens with zero attached hydrogens (tertiary/aromatic N) is 1. The molecule has 0 heterocycles. The number of rotatable bonds is 7. The van der Waals surface area contributed by atoms with Crippen LogP contribution in [0.5, 0.6) is 5.75 Å². The Morgan fingerprint density at radius 1 is 1.11 bits per heavy atom. The third kappa shape index (κ3) is 5.29. The fourth-order valence-electron chi connectivity index (χ4n) is 2.74. The van der Waals surface area contributed by atoms with E-state index in [1.807, 2.05) is 13.8 Å². The molecule has 0 bridgehead atoms. The SMILES string of the molecule is COc1ccccc1C(=O)NC(C(=O)N(C)Cc1ccc(F)cc1)C(C)C. The molecule has 2 aromatic carbocycles. The number of nitrogens with one attached hydrogen (secondary N) is 1. The highest BCUT2D eigenvalue weighted by Crippen LogP contribution is 2.18. The molecule has 0 aliphatic carbocycles. The van der Waals surface area contributed by atoms with Gasteiger partial charge in [0, 0.05) is 13.6 Å². The van der Waals surface area contributed by atoms with Gasteiger partial charge in [-0.25, -0.2) is 4.39 Å². The van der Waals surface area contributed by atoms with Crippen molar-refractivity contribution >= 4 is 11.8 Å². The van der Waals surface area contributed by atoms with Crippen molar-refractivity contribution in [1.82, 2.24) is 10.2 Å². The maximum atomic E-state index is 13.0. The number of carbonyl (C=O) groups is 2. The van der Waals surface area contributed by atoms with E-state index in [9.17, 15) is 14.0 Å². The van der Waals surface area contributed by atoms with Gasteiger partial charge in [0.05, 0.1) is 12.7 Å². The zero-order valence-electron chi connectivity index (χ0n) is 16.0. The molecule has 1 unspecified atom stereocenters. The number of carbonyl (C=O) groups excluding carboxylic acids is 2. The lowest BCUT2D eigenvalue weighted by atomic mass is 10.0. The van der Waals surface area contributed by atoms with Gasteiger partial charge in [0.25, 0.3) is 5.91 Å². The Kier molecular flexibility index (Phi) is 6.93. The Morgan fingerprint density at radius 3 is 2.33 bits per heavy atom. The molecule has 1 atom stereocenters. The fourth-order valence-corrected chi connectivity index (χ4v) is 2.74. The van der Waals surface area contributed by atoms with Gasteiger partial charge in [0.1, 0.15) is 17.6 Å². The number of methoxy groups -OCH3 is 1. The first-order valence-corrected chi connectivity index (χ1v) is 8.76. The van der Waals surface area contributed by atoms with Crippen LogP contribution in [0.3, 0.4) is 0 Å². The van der Waals surface area contributed by atoms with Gasteiger partial charge in [-0.15, -0.1) is 0 Å². The fraction of sp³-hybridized carbons (Fsp3) is 0.333. The van der Waals surface area contributed by atoms with E-state index in [4.69, 9.17) is 4.74 Å². The number of benzene rings is 2. The molecular weight excluding hydrogens is 347 g/mol. The Hall–Kier alpha value is -2.89. The van der Waals surface area contributed by atoms with Gasteiger partial charge in [0.2, 0.25) is 5.91 Å². The van der Waals surface area contributed by atoms with Crippen molar-refractivity contribution in [3.05, 3.63) is 65.5 Å². The van der Waals surface area contributed by atoms with Gasteiger partial charge >= 0.3 is 0 Å². The molecule has 0 aliphatic rings. The standard InChI is InChI=1S/C21H25FN2O3/c1-14(2)19(23-20(25)17-7-5-6-8-18(17)27-4)21(26)24(3)13-15-9-11-16(22)12-10-15/h5-12,14,19H,13H2,1-4H3,(H,23,25). The van der Waals surface area contributed by atoms with Crippen LogP contribution >= 0.6 is 0 Å². The highest BCUT2D eigenvalue weighted by atomic mass is 19.1. The maximum absolute atomic E-state index is 13.0. The molecule has 5 nitrogen and oxygen atoms in total. The van der Waals surface area contributed by atoms with E-state index >= 15 is 0 Å². The highest BCUT2D eigenvalue weighted by molar-refractivity contribution is 5.99. The molecule has 6 heteroatoms. The summed E-state index contributed by atoms with van der Waals surface area (Å²) in [5, 5.41) is 2.81. The third-order valence-corrected chi connectivity index (χ3v) is 4.28. The van der Waals surface area contributed by atoms with Crippen LogP contribution in [0.4, 0.5) is 4.39 Å². The van der Waals surface area contributed by atoms with E-state index in [-0.39, 0.29) is 23.5 Å². The van der Waals surface area contributed by atoms with E-state index < -0.39 is 6.04 Å². The van der Waals surface area contributed by atoms with Crippen LogP contribution in [-0.2, 0) is 11.3 Å². The van der Waals surface area contributed by atoms with E-state index in [1.54, 1.807) is 43.4 Å². The molecule has 2 aromatic rings. The second-order valence-electron chi connectivity index (χ2n) is 6.72. The maximum Gasteiger partial charge on any atom is 0.255 e. The normalized spacial score (nSPS) is 11.8. The minimum atomic E-state index is -0.687. The van der Waals surface area contributed by atoms with Gasteiger partial charge in [-0.1, -0.05) is 38.1 Å². The molecule has 0 fully saturated rings. The predicted octanol–water partition coefficient (Wildman–Crippen LogP) is 3.25. The summed E-state index contributed by atoms with van der Waals surface area (Å²) in [6, 6.07) is 12.2. The first kappa shape index (κ1) is 20.4. The molecule has 0 aromatic heterocycles. The van der Waals surface area contributed by atoms with Crippen LogP contribution in [0.1, 0.15) is 29.8 Å². The highest BCUT2D eigenvalue weighted by Gasteiger charge is 2.28. The monoisotopic (exact) mass is 372 g/mol. The molecule has 0 saturated heterocycles. The van der Waals surface area contributed by atoms with E-state index in [0.717, 1.165) is 5.56 Å². The lowest BCUT2D eigenvalue weighted by Gasteiger charge is -2.27. The van der Waals surface area contributed by atoms with Gasteiger partial charge in [-0.2, -0.15) is 0 Å². The van der Waals surface area contributed by atoms with Crippen LogP contribution in [0, 0.1) is 11.7 Å². The molecular formula is C21H25FN2O3. The number of hydrogen-bond acceptors (Lipinski definition) is 3. The molecule has 0 saturated carbocycles. The average molecular weight is 372 g/mol. The van der Waals surface area contributed by atoms with E-state index in [0.29, 0.717) is 17.9 Å². The largest absolute Gasteiger partial charge is 0.496 e. The summed E-state index contributed by atoms with van der Waals surface area (Å²) < 4.78 is 18.3. The zero-order valence-corrected chi connectivity index (χ0v) is 16.0. The molecule has 2 amide bonds. The number of amides is 2. The third-order valence-electron chi connectivity index (χ3n) is 4.28. The van der Waals surface area contributed by atoms with Crippen LogP contribution < -0.4 is 10.1 Å². The first-order chi connectivity index (χ1) is 12.8. The van der Waals surface area contributed by atoms with Gasteiger partial charge in [-0.3, -0.25) is 9.59 Å². The summed E-state index contributed by atoms with van der Waals surface area (Å²) in [6.45, 7) is 4.07. The summed E-state index contributed by atoms with van der Waals surface area (Å²) >= 11 is 0. The van der Waals surface area contributed by atoms with Crippen molar-refractivity contribution in [2.24, 2.45) is 5.92 Å². The van der Waals surface area contributed by atoms with Crippen LogP contribution in [0.15, 0.2) is 48.5 Å². The van der Waals surface area contributed by atoms with Crippen molar-refractivity contribution < 1.29 is 18.7 Å². The molecule has 144 valence electrons. The van der Waals surface area contributed by atoms with Gasteiger partial charge in [-0.05, 0) is 35.7 Å². The summed E-state index contributed by atoms with van der Waals surface area (Å²) in [4.78, 5) is 27.1. The number of hydrogen-bond donors (Lipinski definition) is 1. The summed E-state index contributed by atoms with van der Waals surface area (Å²) in [7, 11) is 3.16. The number of para-hydroxylation sites is 1. The number of likely N-dealkylation sites (N-methyl/N-ethyl adjacent to an activating group) is 1. The van der Waals surface area contributed by atoms with E-state index in [1.165, 1.54) is 24.1 Å². The molecule has 0 spiro atoms. The topological polar surface area (TPSA) is 58.6 Å². The van der Waals surface area contributed by atoms with Crippen molar-refractivity contribution in [2.45, 2.75) is 26.4 Å². The minimum Gasteiger partial charge on any atom is -0.496 e. The number of halogens is 1. The Labute approximate surface area is 159 Å². The lowest BCUT2D eigenvalue weighted by Crippen LogP contribution is -2.50. The zero-order chi connectivity index (χ0) is 20.0. The van der Waals surface area contributed by atoms with Gasteiger partial charge < -0.3 is 15.0 Å². The quantitative estimate of drug-likeness (QED) is 0.812. The van der Waals surface area contributed by atoms with E-state index in [2.05, 4.69) is 5.32 Å². The second kappa shape index (κ2) is 9.16. The smallest absolute Gasteiger partial charge is 0.255 e. The summed E-state index contributed by atoms with van der Waals surface area (Å²) in [5.41, 5.74) is 1.19. The second-order valence-corrected chi connectivity index (χ2v) is 6.72. The minimum absolute atomic E-state index is 0.105. The molecule has 1 N–H and O–H groups in total. The van der Waals surface area contributed by atoms with Crippen molar-refractivity contribution in [2.75, 3.05) is 14.2 Å². The molecule has 0 radical (unpaired) electrons. The predicted molar refractivity (Wildman–Crippen MR) is 102 cm³/mol. The van der Waals surface area contributed by atoms with Crippen LogP contribution in [0.25, 0.3) is 0 Å². The van der Waals surface area contributed by atoms with Crippen LogP contribution in [0.2, 0.25) is 0 Å². The Balaban J connectivity index is 2.12. The molecule has 27 heavy (non-hydrogen) atoms. The number of ether oxygens (including phenoxy) is 1. The first-order valence-electron chi connectivity index (χ1n) is 8.76. The van der Waals surface area contributed by atoms with Gasteiger partial charge in [0.15, 0.2) is 0 Å². The Bertz CT molecular complexity index is 790. The average Bonchev–Trinajstić information content (AvgIpc) is 2.66. The lowest BCUT2D eigenvalue weighted by molar-refractivity contribution is -0.133. The Morgan fingerprint density at radius 2 is 1.74 bits per heavy atom. The summed E-state index contributed by atoms with van der Waals surface area (Å²) in [6.07, 6.45) is 0. The summed E-state index contributed by atoms with van der Waals surface area (Å²) in [5.74, 6) is -0.555. The van der Waals surface area contributed by atoms with Crippen molar-refractivity contribution in [1.29, 1.82) is 0 Å². The van der Waals surface area contributed by atoms with Crippen molar-refractivity contribution in [3.63, 3.8) is 0 Å². The van der Waals surface area contributed by atoms with Crippen molar-refractivity contribution in [3.8, 4) is 5.75 Å². The molecule has 0 aliphatic heterocycles. The molecule has 2 rings (SSSR count). The van der Waals surface area contributed by atoms with Crippen LogP contribution in [-0.4, -0.2) is 36.9 Å².